The Bertz CT molecular complexity index is 820. The molecule has 0 saturated carbocycles. The van der Waals surface area contributed by atoms with E-state index in [2.05, 4.69) is 16.2 Å². The lowest BCUT2D eigenvalue weighted by Crippen LogP contribution is -2.46. The van der Waals surface area contributed by atoms with E-state index in [0.29, 0.717) is 12.0 Å². The first-order chi connectivity index (χ1) is 12.2. The van der Waals surface area contributed by atoms with Crippen LogP contribution in [0.2, 0.25) is 0 Å². The van der Waals surface area contributed by atoms with Crippen molar-refractivity contribution in [3.63, 3.8) is 0 Å². The van der Waals surface area contributed by atoms with Crippen molar-refractivity contribution in [2.24, 2.45) is 5.92 Å². The van der Waals surface area contributed by atoms with E-state index in [1.54, 1.807) is 12.1 Å². The number of amides is 3. The summed E-state index contributed by atoms with van der Waals surface area (Å²) in [5.41, 5.74) is 6.93. The van der Waals surface area contributed by atoms with Crippen molar-refractivity contribution in [3.8, 4) is 0 Å². The van der Waals surface area contributed by atoms with Gasteiger partial charge in [0.05, 0.1) is 18.1 Å². The van der Waals surface area contributed by atoms with Gasteiger partial charge in [0.1, 0.15) is 0 Å². The Labute approximate surface area is 152 Å². The van der Waals surface area contributed by atoms with Gasteiger partial charge in [-0.3, -0.25) is 25.2 Å². The van der Waals surface area contributed by atoms with E-state index in [0.717, 1.165) is 11.1 Å². The second kappa shape index (κ2) is 8.31. The topological polar surface area (TPSA) is 121 Å². The Morgan fingerprint density at radius 1 is 1.08 bits per heavy atom. The van der Waals surface area contributed by atoms with Crippen molar-refractivity contribution in [3.05, 3.63) is 34.9 Å². The molecule has 1 aliphatic rings. The fourth-order valence-corrected chi connectivity index (χ4v) is 4.54. The summed E-state index contributed by atoms with van der Waals surface area (Å²) in [7, 11) is -3.04. The third-order valence-corrected chi connectivity index (χ3v) is 6.16. The Hall–Kier alpha value is -2.42. The maximum Gasteiger partial charge on any atom is 0.257 e. The van der Waals surface area contributed by atoms with Crippen LogP contribution >= 0.6 is 0 Å². The third-order valence-electron chi connectivity index (χ3n) is 4.32. The zero-order chi connectivity index (χ0) is 19.3. The van der Waals surface area contributed by atoms with Crippen molar-refractivity contribution in [2.75, 3.05) is 18.1 Å². The maximum atomic E-state index is 12.0. The Balaban J connectivity index is 1.70. The van der Waals surface area contributed by atoms with E-state index in [1.807, 2.05) is 19.9 Å². The Morgan fingerprint density at radius 3 is 2.38 bits per heavy atom. The van der Waals surface area contributed by atoms with Gasteiger partial charge < -0.3 is 5.32 Å². The fourth-order valence-electron chi connectivity index (χ4n) is 2.68. The van der Waals surface area contributed by atoms with E-state index in [4.69, 9.17) is 0 Å². The van der Waals surface area contributed by atoms with Crippen LogP contribution in [0.5, 0.6) is 0 Å². The number of sulfone groups is 1. The largest absolute Gasteiger partial charge is 0.343 e. The summed E-state index contributed by atoms with van der Waals surface area (Å²) >= 11 is 0. The molecule has 142 valence electrons. The van der Waals surface area contributed by atoms with Crippen LogP contribution < -0.4 is 16.2 Å². The molecule has 1 aromatic carbocycles. The average Bonchev–Trinajstić information content (AvgIpc) is 2.91. The average molecular weight is 381 g/mol. The van der Waals surface area contributed by atoms with Crippen LogP contribution in [0.3, 0.4) is 0 Å². The number of nitrogens with one attached hydrogen (secondary N) is 3. The molecule has 26 heavy (non-hydrogen) atoms. The van der Waals surface area contributed by atoms with Gasteiger partial charge >= 0.3 is 0 Å². The van der Waals surface area contributed by atoms with Crippen molar-refractivity contribution < 1.29 is 22.8 Å². The minimum Gasteiger partial charge on any atom is -0.343 e. The van der Waals surface area contributed by atoms with Crippen LogP contribution in [0.4, 0.5) is 0 Å². The van der Waals surface area contributed by atoms with Crippen molar-refractivity contribution >= 4 is 27.6 Å². The SMILES string of the molecule is Cc1ccc(C(=O)NCC(=O)NNC(=O)CC2CCS(=O)(=O)C2)cc1C. The van der Waals surface area contributed by atoms with E-state index in [-0.39, 0.29) is 36.3 Å². The molecule has 1 unspecified atom stereocenters. The van der Waals surface area contributed by atoms with Gasteiger partial charge in [-0.2, -0.15) is 0 Å². The van der Waals surface area contributed by atoms with Gasteiger partial charge in [-0.15, -0.1) is 0 Å². The Morgan fingerprint density at radius 2 is 1.77 bits per heavy atom. The third kappa shape index (κ3) is 5.83. The molecule has 0 bridgehead atoms. The van der Waals surface area contributed by atoms with Crippen LogP contribution in [0.25, 0.3) is 0 Å². The molecule has 0 aliphatic carbocycles. The van der Waals surface area contributed by atoms with Crippen molar-refractivity contribution in [1.29, 1.82) is 0 Å². The maximum absolute atomic E-state index is 12.0. The molecule has 1 aromatic rings. The minimum absolute atomic E-state index is 0.000387. The highest BCUT2D eigenvalue weighted by Crippen LogP contribution is 2.21. The van der Waals surface area contributed by atoms with Gasteiger partial charge in [0.2, 0.25) is 5.91 Å². The molecule has 0 aromatic heterocycles. The number of hydrazine groups is 1. The number of benzene rings is 1. The molecule has 3 amide bonds. The highest BCUT2D eigenvalue weighted by molar-refractivity contribution is 7.91. The molecule has 0 radical (unpaired) electrons. The summed E-state index contributed by atoms with van der Waals surface area (Å²) in [6.07, 6.45) is 0.490. The zero-order valence-corrected chi connectivity index (χ0v) is 15.6. The number of carbonyl (C=O) groups excluding carboxylic acids is 3. The molecule has 2 rings (SSSR count). The van der Waals surface area contributed by atoms with Gasteiger partial charge in [-0.05, 0) is 49.4 Å². The van der Waals surface area contributed by atoms with Crippen LogP contribution in [-0.4, -0.2) is 44.2 Å². The van der Waals surface area contributed by atoms with Crippen LogP contribution in [0.1, 0.15) is 34.3 Å². The highest BCUT2D eigenvalue weighted by Gasteiger charge is 2.29. The molecule has 1 saturated heterocycles. The molecule has 0 spiro atoms. The second-order valence-electron chi connectivity index (χ2n) is 6.55. The molecular weight excluding hydrogens is 358 g/mol. The van der Waals surface area contributed by atoms with E-state index < -0.39 is 21.7 Å². The smallest absolute Gasteiger partial charge is 0.257 e. The first-order valence-corrected chi connectivity index (χ1v) is 10.1. The lowest BCUT2D eigenvalue weighted by atomic mass is 10.1. The highest BCUT2D eigenvalue weighted by atomic mass is 32.2. The summed E-state index contributed by atoms with van der Waals surface area (Å²) in [6, 6.07) is 5.24. The number of hydrogen-bond donors (Lipinski definition) is 3. The Kier molecular flexibility index (Phi) is 6.36. The molecule has 3 N–H and O–H groups in total. The van der Waals surface area contributed by atoms with Gasteiger partial charge in [0, 0.05) is 12.0 Å². The zero-order valence-electron chi connectivity index (χ0n) is 14.8. The number of aryl methyl sites for hydroxylation is 2. The summed E-state index contributed by atoms with van der Waals surface area (Å²) in [6.45, 7) is 3.54. The molecular formula is C17H23N3O5S. The fraction of sp³-hybridized carbons (Fsp3) is 0.471. The van der Waals surface area contributed by atoms with Crippen LogP contribution in [0.15, 0.2) is 18.2 Å². The van der Waals surface area contributed by atoms with Gasteiger partial charge in [-0.1, -0.05) is 6.07 Å². The molecule has 9 heteroatoms. The van der Waals surface area contributed by atoms with Crippen LogP contribution in [-0.2, 0) is 19.4 Å². The van der Waals surface area contributed by atoms with Crippen LogP contribution in [0, 0.1) is 19.8 Å². The van der Waals surface area contributed by atoms with E-state index in [1.165, 1.54) is 0 Å². The van der Waals surface area contributed by atoms with Gasteiger partial charge in [0.15, 0.2) is 9.84 Å². The molecule has 1 heterocycles. The summed E-state index contributed by atoms with van der Waals surface area (Å²) in [5.74, 6) is -1.54. The van der Waals surface area contributed by atoms with Gasteiger partial charge in [-0.25, -0.2) is 8.42 Å². The standard InChI is InChI=1S/C17H23N3O5S/c1-11-3-4-14(7-12(11)2)17(23)18-9-16(22)20-19-15(21)8-13-5-6-26(24,25)10-13/h3-4,7,13H,5-6,8-10H2,1-2H3,(H,18,23)(H,19,21)(H,20,22). The monoisotopic (exact) mass is 381 g/mol. The predicted octanol–water partition coefficient (Wildman–Crippen LogP) is 0.00544. The normalized spacial score (nSPS) is 18.2. The molecule has 1 aliphatic heterocycles. The summed E-state index contributed by atoms with van der Waals surface area (Å²) in [5, 5.41) is 2.47. The molecule has 1 atom stereocenters. The molecule has 8 nitrogen and oxygen atoms in total. The van der Waals surface area contributed by atoms with Gasteiger partial charge in [0.25, 0.3) is 11.8 Å². The van der Waals surface area contributed by atoms with E-state index >= 15 is 0 Å². The second-order valence-corrected chi connectivity index (χ2v) is 8.78. The first kappa shape index (κ1) is 19.9. The van der Waals surface area contributed by atoms with E-state index in [9.17, 15) is 22.8 Å². The number of carbonyl (C=O) groups is 3. The van der Waals surface area contributed by atoms with Crippen molar-refractivity contribution in [1.82, 2.24) is 16.2 Å². The summed E-state index contributed by atoms with van der Waals surface area (Å²) < 4.78 is 22.7. The lowest BCUT2D eigenvalue weighted by Gasteiger charge is -2.11. The number of hydrogen-bond acceptors (Lipinski definition) is 5. The first-order valence-electron chi connectivity index (χ1n) is 8.30. The molecule has 1 fully saturated rings. The predicted molar refractivity (Wildman–Crippen MR) is 95.9 cm³/mol. The summed E-state index contributed by atoms with van der Waals surface area (Å²) in [4.78, 5) is 35.5. The minimum atomic E-state index is -3.04. The number of rotatable bonds is 5. The lowest BCUT2D eigenvalue weighted by molar-refractivity contribution is -0.128. The van der Waals surface area contributed by atoms with Crippen molar-refractivity contribution in [2.45, 2.75) is 26.7 Å². The quantitative estimate of drug-likeness (QED) is 0.620.